The highest BCUT2D eigenvalue weighted by Crippen LogP contribution is 2.06. The Morgan fingerprint density at radius 2 is 1.56 bits per heavy atom. The molecule has 0 spiro atoms. The van der Waals surface area contributed by atoms with E-state index in [1.165, 1.54) is 0 Å². The standard InChI is InChI=1S/C6H9N3/c1-6(4-7,5-8)9(2)3/h1-3H3. The Morgan fingerprint density at radius 3 is 1.56 bits per heavy atom. The molecular weight excluding hydrogens is 114 g/mol. The number of rotatable bonds is 1. The van der Waals surface area contributed by atoms with E-state index in [1.807, 2.05) is 12.1 Å². The van der Waals surface area contributed by atoms with Gasteiger partial charge in [0.2, 0.25) is 0 Å². The highest BCUT2D eigenvalue weighted by atomic mass is 15.1. The quantitative estimate of drug-likeness (QED) is 0.505. The lowest BCUT2D eigenvalue weighted by atomic mass is 10.1. The molecule has 0 N–H and O–H groups in total. The van der Waals surface area contributed by atoms with E-state index >= 15 is 0 Å². The van der Waals surface area contributed by atoms with E-state index in [9.17, 15) is 0 Å². The van der Waals surface area contributed by atoms with E-state index in [0.29, 0.717) is 0 Å². The fourth-order valence-corrected chi connectivity index (χ4v) is 0.225. The van der Waals surface area contributed by atoms with Gasteiger partial charge in [0.25, 0.3) is 0 Å². The molecule has 0 saturated heterocycles. The third kappa shape index (κ3) is 1.42. The Bertz CT molecular complexity index is 156. The second-order valence-corrected chi connectivity index (χ2v) is 2.19. The summed E-state index contributed by atoms with van der Waals surface area (Å²) < 4.78 is 0. The van der Waals surface area contributed by atoms with Crippen LogP contribution in [0, 0.1) is 22.7 Å². The maximum atomic E-state index is 8.44. The van der Waals surface area contributed by atoms with Gasteiger partial charge in [-0.15, -0.1) is 0 Å². The summed E-state index contributed by atoms with van der Waals surface area (Å²) in [6.45, 7) is 1.58. The maximum absolute atomic E-state index is 8.44. The van der Waals surface area contributed by atoms with Crippen molar-refractivity contribution in [3.8, 4) is 12.1 Å². The van der Waals surface area contributed by atoms with E-state index < -0.39 is 5.54 Å². The molecule has 48 valence electrons. The molecule has 0 aliphatic heterocycles. The molecule has 0 aliphatic rings. The van der Waals surface area contributed by atoms with Crippen LogP contribution in [0.15, 0.2) is 0 Å². The Hall–Kier alpha value is -1.06. The Balaban J connectivity index is 4.39. The van der Waals surface area contributed by atoms with E-state index in [1.54, 1.807) is 25.9 Å². The van der Waals surface area contributed by atoms with Crippen LogP contribution in [0.4, 0.5) is 0 Å². The molecule has 0 fully saturated rings. The minimum Gasteiger partial charge on any atom is -0.280 e. The SMILES string of the molecule is CN(C)C(C)(C#N)C#N. The van der Waals surface area contributed by atoms with Crippen LogP contribution >= 0.6 is 0 Å². The van der Waals surface area contributed by atoms with Crippen LogP contribution in [0.5, 0.6) is 0 Å². The van der Waals surface area contributed by atoms with Crippen LogP contribution in [-0.2, 0) is 0 Å². The molecule has 0 atom stereocenters. The van der Waals surface area contributed by atoms with Gasteiger partial charge in [-0.05, 0) is 21.0 Å². The zero-order valence-electron chi connectivity index (χ0n) is 5.84. The second-order valence-electron chi connectivity index (χ2n) is 2.19. The van der Waals surface area contributed by atoms with Crippen LogP contribution in [0.2, 0.25) is 0 Å². The molecule has 0 amide bonds. The lowest BCUT2D eigenvalue weighted by molar-refractivity contribution is 0.301. The number of hydrogen-bond donors (Lipinski definition) is 0. The molecule has 0 aromatic heterocycles. The Morgan fingerprint density at radius 1 is 1.22 bits per heavy atom. The van der Waals surface area contributed by atoms with Crippen molar-refractivity contribution in [2.24, 2.45) is 0 Å². The number of nitrogens with zero attached hydrogens (tertiary/aromatic N) is 3. The summed E-state index contributed by atoms with van der Waals surface area (Å²) >= 11 is 0. The topological polar surface area (TPSA) is 50.8 Å². The lowest BCUT2D eigenvalue weighted by Crippen LogP contribution is -2.37. The monoisotopic (exact) mass is 123 g/mol. The van der Waals surface area contributed by atoms with Gasteiger partial charge in [0.1, 0.15) is 12.1 Å². The van der Waals surface area contributed by atoms with Gasteiger partial charge in [-0.25, -0.2) is 0 Å². The van der Waals surface area contributed by atoms with Crippen molar-refractivity contribution in [1.82, 2.24) is 4.90 Å². The molecule has 0 aromatic rings. The fourth-order valence-electron chi connectivity index (χ4n) is 0.225. The average molecular weight is 123 g/mol. The van der Waals surface area contributed by atoms with Gasteiger partial charge in [0, 0.05) is 0 Å². The third-order valence-corrected chi connectivity index (χ3v) is 1.33. The summed E-state index contributed by atoms with van der Waals surface area (Å²) in [5.41, 5.74) is -0.972. The molecule has 0 saturated carbocycles. The zero-order valence-corrected chi connectivity index (χ0v) is 5.84. The molecular formula is C6H9N3. The molecule has 9 heavy (non-hydrogen) atoms. The highest BCUT2D eigenvalue weighted by molar-refractivity contribution is 5.18. The molecule has 0 radical (unpaired) electrons. The molecule has 0 heterocycles. The first kappa shape index (κ1) is 7.94. The largest absolute Gasteiger partial charge is 0.280 e. The van der Waals surface area contributed by atoms with Crippen LogP contribution in [0.3, 0.4) is 0 Å². The van der Waals surface area contributed by atoms with Crippen molar-refractivity contribution in [2.45, 2.75) is 12.5 Å². The minimum atomic E-state index is -0.972. The zero-order chi connectivity index (χ0) is 7.49. The van der Waals surface area contributed by atoms with Gasteiger partial charge in [0.15, 0.2) is 5.54 Å². The molecule has 0 unspecified atom stereocenters. The van der Waals surface area contributed by atoms with E-state index in [2.05, 4.69) is 0 Å². The van der Waals surface area contributed by atoms with Gasteiger partial charge in [0.05, 0.1) is 0 Å². The fraction of sp³-hybridized carbons (Fsp3) is 0.667. The van der Waals surface area contributed by atoms with E-state index in [0.717, 1.165) is 0 Å². The molecule has 0 aromatic carbocycles. The van der Waals surface area contributed by atoms with Crippen LogP contribution in [-0.4, -0.2) is 24.5 Å². The summed E-state index contributed by atoms with van der Waals surface area (Å²) in [7, 11) is 3.40. The van der Waals surface area contributed by atoms with Crippen molar-refractivity contribution in [3.05, 3.63) is 0 Å². The number of nitriles is 2. The second kappa shape index (κ2) is 2.48. The Kier molecular flexibility index (Phi) is 2.19. The van der Waals surface area contributed by atoms with Gasteiger partial charge >= 0.3 is 0 Å². The van der Waals surface area contributed by atoms with Crippen molar-refractivity contribution in [3.63, 3.8) is 0 Å². The van der Waals surface area contributed by atoms with E-state index in [4.69, 9.17) is 10.5 Å². The van der Waals surface area contributed by atoms with Gasteiger partial charge in [-0.3, -0.25) is 4.90 Å². The Labute approximate surface area is 55.1 Å². The van der Waals surface area contributed by atoms with Gasteiger partial charge in [-0.2, -0.15) is 10.5 Å². The molecule has 0 rings (SSSR count). The molecule has 0 aliphatic carbocycles. The summed E-state index contributed by atoms with van der Waals surface area (Å²) in [6, 6.07) is 3.78. The van der Waals surface area contributed by atoms with Gasteiger partial charge in [-0.1, -0.05) is 0 Å². The predicted octanol–water partition coefficient (Wildman–Crippen LogP) is 0.354. The van der Waals surface area contributed by atoms with Crippen molar-refractivity contribution in [1.29, 1.82) is 10.5 Å². The average Bonchev–Trinajstić information content (AvgIpc) is 1.86. The van der Waals surface area contributed by atoms with Crippen molar-refractivity contribution in [2.75, 3.05) is 14.1 Å². The first-order valence-corrected chi connectivity index (χ1v) is 2.57. The van der Waals surface area contributed by atoms with Crippen molar-refractivity contribution >= 4 is 0 Å². The first-order valence-electron chi connectivity index (χ1n) is 2.57. The predicted molar refractivity (Wildman–Crippen MR) is 33.3 cm³/mol. The van der Waals surface area contributed by atoms with Crippen molar-refractivity contribution < 1.29 is 0 Å². The molecule has 0 bridgehead atoms. The number of hydrogen-bond acceptors (Lipinski definition) is 3. The summed E-state index contributed by atoms with van der Waals surface area (Å²) in [5.74, 6) is 0. The summed E-state index contributed by atoms with van der Waals surface area (Å²) in [5, 5.41) is 16.9. The van der Waals surface area contributed by atoms with Gasteiger partial charge < -0.3 is 0 Å². The maximum Gasteiger partial charge on any atom is 0.193 e. The molecule has 3 heteroatoms. The summed E-state index contributed by atoms with van der Waals surface area (Å²) in [4.78, 5) is 1.58. The molecule has 3 nitrogen and oxygen atoms in total. The summed E-state index contributed by atoms with van der Waals surface area (Å²) in [6.07, 6.45) is 0. The smallest absolute Gasteiger partial charge is 0.193 e. The van der Waals surface area contributed by atoms with Crippen LogP contribution in [0.25, 0.3) is 0 Å². The normalized spacial score (nSPS) is 10.4. The third-order valence-electron chi connectivity index (χ3n) is 1.33. The highest BCUT2D eigenvalue weighted by Gasteiger charge is 2.25. The van der Waals surface area contributed by atoms with Crippen LogP contribution in [0.1, 0.15) is 6.92 Å². The van der Waals surface area contributed by atoms with Crippen LogP contribution < -0.4 is 0 Å². The first-order chi connectivity index (χ1) is 4.06. The lowest BCUT2D eigenvalue weighted by Gasteiger charge is -2.20. The van der Waals surface area contributed by atoms with E-state index in [-0.39, 0.29) is 0 Å². The minimum absolute atomic E-state index is 0.972.